The highest BCUT2D eigenvalue weighted by Crippen LogP contribution is 2.21. The molecule has 78 valence electrons. The summed E-state index contributed by atoms with van der Waals surface area (Å²) in [6.07, 6.45) is -0.890. The second-order valence-electron chi connectivity index (χ2n) is 3.24. The third-order valence-corrected chi connectivity index (χ3v) is 2.24. The average molecular weight is 222 g/mol. The molecule has 0 bridgehead atoms. The molecule has 5 heteroatoms. The minimum absolute atomic E-state index is 0.149. The van der Waals surface area contributed by atoms with E-state index >= 15 is 0 Å². The lowest BCUT2D eigenvalue weighted by Crippen LogP contribution is -1.99. The molecule has 0 amide bonds. The molecule has 1 aromatic carbocycles. The standard InChI is InChI=1S/C10H10N2O2S/c1-6-2-4-7(5-3-6)8(13)9-11-12-10(15)14-9/h2-5,8,13H,1H3,(H,12,15). The minimum atomic E-state index is -0.890. The van der Waals surface area contributed by atoms with Gasteiger partial charge in [-0.2, -0.15) is 0 Å². The smallest absolute Gasteiger partial charge is 0.273 e. The van der Waals surface area contributed by atoms with Crippen LogP contribution < -0.4 is 0 Å². The second-order valence-corrected chi connectivity index (χ2v) is 3.62. The molecule has 0 aliphatic rings. The molecule has 0 spiro atoms. The summed E-state index contributed by atoms with van der Waals surface area (Å²) in [4.78, 5) is 0. The molecule has 0 saturated heterocycles. The van der Waals surface area contributed by atoms with Crippen molar-refractivity contribution in [2.75, 3.05) is 0 Å². The van der Waals surface area contributed by atoms with Crippen molar-refractivity contribution < 1.29 is 9.52 Å². The molecule has 1 atom stereocenters. The largest absolute Gasteiger partial charge is 0.413 e. The van der Waals surface area contributed by atoms with Gasteiger partial charge in [0.2, 0.25) is 5.89 Å². The van der Waals surface area contributed by atoms with Crippen molar-refractivity contribution in [3.05, 3.63) is 41.3 Å². The van der Waals surface area contributed by atoms with E-state index in [0.29, 0.717) is 0 Å². The Kier molecular flexibility index (Phi) is 2.75. The van der Waals surface area contributed by atoms with Gasteiger partial charge in [-0.3, -0.25) is 0 Å². The molecule has 0 aliphatic heterocycles. The van der Waals surface area contributed by atoms with Crippen molar-refractivity contribution in [2.45, 2.75) is 18.3 Å². The van der Waals surface area contributed by atoms with Crippen molar-refractivity contribution in [2.24, 2.45) is 0 Å². The van der Waals surface area contributed by atoms with Gasteiger partial charge in [-0.15, -0.1) is 10.2 Å². The Bertz CT molecular complexity index is 453. The van der Waals surface area contributed by atoms with E-state index in [1.807, 2.05) is 31.2 Å². The Labute approximate surface area is 92.4 Å². The Morgan fingerprint density at radius 1 is 1.27 bits per heavy atom. The first kappa shape index (κ1) is 10.2. The highest BCUT2D eigenvalue weighted by molar-refractivity contribution is 7.80. The summed E-state index contributed by atoms with van der Waals surface area (Å²) < 4.78 is 5.02. The van der Waals surface area contributed by atoms with Gasteiger partial charge >= 0.3 is 0 Å². The van der Waals surface area contributed by atoms with Crippen LogP contribution >= 0.6 is 12.6 Å². The van der Waals surface area contributed by atoms with E-state index in [9.17, 15) is 5.11 Å². The number of aryl methyl sites for hydroxylation is 1. The summed E-state index contributed by atoms with van der Waals surface area (Å²) >= 11 is 3.88. The van der Waals surface area contributed by atoms with Crippen LogP contribution in [0.1, 0.15) is 23.1 Å². The van der Waals surface area contributed by atoms with Gasteiger partial charge in [0.05, 0.1) is 0 Å². The van der Waals surface area contributed by atoms with E-state index < -0.39 is 6.10 Å². The molecule has 1 aromatic heterocycles. The number of rotatable bonds is 2. The van der Waals surface area contributed by atoms with E-state index in [4.69, 9.17) is 4.42 Å². The first-order valence-electron chi connectivity index (χ1n) is 4.44. The topological polar surface area (TPSA) is 59.2 Å². The maximum atomic E-state index is 9.87. The quantitative estimate of drug-likeness (QED) is 0.760. The van der Waals surface area contributed by atoms with Crippen molar-refractivity contribution >= 4 is 12.6 Å². The lowest BCUT2D eigenvalue weighted by Gasteiger charge is -2.05. The SMILES string of the molecule is Cc1ccc(C(O)c2nnc(S)o2)cc1. The van der Waals surface area contributed by atoms with Gasteiger partial charge in [0.1, 0.15) is 0 Å². The van der Waals surface area contributed by atoms with E-state index in [1.165, 1.54) is 0 Å². The van der Waals surface area contributed by atoms with E-state index in [0.717, 1.165) is 11.1 Å². The Morgan fingerprint density at radius 3 is 2.47 bits per heavy atom. The van der Waals surface area contributed by atoms with Gasteiger partial charge in [-0.05, 0) is 12.5 Å². The van der Waals surface area contributed by atoms with Crippen molar-refractivity contribution in [3.63, 3.8) is 0 Å². The van der Waals surface area contributed by atoms with Gasteiger partial charge in [-0.25, -0.2) is 0 Å². The van der Waals surface area contributed by atoms with Crippen molar-refractivity contribution in [1.29, 1.82) is 0 Å². The van der Waals surface area contributed by atoms with Crippen LogP contribution in [0.4, 0.5) is 0 Å². The summed E-state index contributed by atoms with van der Waals surface area (Å²) in [6.45, 7) is 1.98. The van der Waals surface area contributed by atoms with Crippen LogP contribution in [0.5, 0.6) is 0 Å². The van der Waals surface area contributed by atoms with Crippen LogP contribution in [0.3, 0.4) is 0 Å². The Morgan fingerprint density at radius 2 is 1.93 bits per heavy atom. The van der Waals surface area contributed by atoms with Gasteiger partial charge in [0.15, 0.2) is 6.10 Å². The number of nitrogens with zero attached hydrogens (tertiary/aromatic N) is 2. The zero-order chi connectivity index (χ0) is 10.8. The number of hydrogen-bond acceptors (Lipinski definition) is 5. The van der Waals surface area contributed by atoms with Crippen LogP contribution in [0.15, 0.2) is 33.9 Å². The summed E-state index contributed by atoms with van der Waals surface area (Å²) in [5.74, 6) is 0.156. The molecule has 0 radical (unpaired) electrons. The Balaban J connectivity index is 2.28. The second kappa shape index (κ2) is 4.04. The highest BCUT2D eigenvalue weighted by atomic mass is 32.1. The first-order chi connectivity index (χ1) is 7.16. The van der Waals surface area contributed by atoms with Gasteiger partial charge < -0.3 is 9.52 Å². The molecule has 1 unspecified atom stereocenters. The fraction of sp³-hybridized carbons (Fsp3) is 0.200. The molecular weight excluding hydrogens is 212 g/mol. The molecule has 15 heavy (non-hydrogen) atoms. The zero-order valence-electron chi connectivity index (χ0n) is 8.08. The van der Waals surface area contributed by atoms with Crippen LogP contribution in [0.2, 0.25) is 0 Å². The zero-order valence-corrected chi connectivity index (χ0v) is 8.98. The monoisotopic (exact) mass is 222 g/mol. The predicted octanol–water partition coefficient (Wildman–Crippen LogP) is 1.75. The molecule has 0 saturated carbocycles. The minimum Gasteiger partial charge on any atom is -0.413 e. The summed E-state index contributed by atoms with van der Waals surface area (Å²) in [7, 11) is 0. The number of benzene rings is 1. The molecule has 1 heterocycles. The number of hydrogen-bond donors (Lipinski definition) is 2. The fourth-order valence-electron chi connectivity index (χ4n) is 1.23. The summed E-state index contributed by atoms with van der Waals surface area (Å²) in [5.41, 5.74) is 1.85. The van der Waals surface area contributed by atoms with Crippen LogP contribution in [0.25, 0.3) is 0 Å². The molecule has 2 aromatic rings. The number of aliphatic hydroxyl groups is 1. The third-order valence-electron chi connectivity index (χ3n) is 2.06. The number of aliphatic hydroxyl groups excluding tert-OH is 1. The van der Waals surface area contributed by atoms with Crippen molar-refractivity contribution in [3.8, 4) is 0 Å². The molecule has 4 nitrogen and oxygen atoms in total. The van der Waals surface area contributed by atoms with Crippen LogP contribution in [-0.4, -0.2) is 15.3 Å². The number of thiol groups is 1. The predicted molar refractivity (Wildman–Crippen MR) is 56.8 cm³/mol. The van der Waals surface area contributed by atoms with Gasteiger partial charge in [-0.1, -0.05) is 42.5 Å². The molecule has 2 rings (SSSR count). The van der Waals surface area contributed by atoms with E-state index in [1.54, 1.807) is 0 Å². The highest BCUT2D eigenvalue weighted by Gasteiger charge is 2.16. The summed E-state index contributed by atoms with van der Waals surface area (Å²) in [6, 6.07) is 7.47. The number of aromatic nitrogens is 2. The van der Waals surface area contributed by atoms with Crippen LogP contribution in [0, 0.1) is 6.92 Å². The van der Waals surface area contributed by atoms with Gasteiger partial charge in [0.25, 0.3) is 5.22 Å². The molecular formula is C10H10N2O2S. The Hall–Kier alpha value is -1.33. The normalized spacial score (nSPS) is 12.7. The van der Waals surface area contributed by atoms with E-state index in [-0.39, 0.29) is 11.1 Å². The lowest BCUT2D eigenvalue weighted by atomic mass is 10.1. The lowest BCUT2D eigenvalue weighted by molar-refractivity contribution is 0.176. The summed E-state index contributed by atoms with van der Waals surface area (Å²) in [5, 5.41) is 17.3. The molecule has 0 fully saturated rings. The van der Waals surface area contributed by atoms with Crippen molar-refractivity contribution in [1.82, 2.24) is 10.2 Å². The first-order valence-corrected chi connectivity index (χ1v) is 4.88. The molecule has 1 N–H and O–H groups in total. The third kappa shape index (κ3) is 2.19. The van der Waals surface area contributed by atoms with Crippen LogP contribution in [-0.2, 0) is 0 Å². The van der Waals surface area contributed by atoms with Gasteiger partial charge in [0, 0.05) is 0 Å². The maximum Gasteiger partial charge on any atom is 0.273 e. The molecule has 0 aliphatic carbocycles. The maximum absolute atomic E-state index is 9.87. The fourth-order valence-corrected chi connectivity index (χ4v) is 1.37. The average Bonchev–Trinajstić information content (AvgIpc) is 2.65. The van der Waals surface area contributed by atoms with E-state index in [2.05, 4.69) is 22.8 Å².